The van der Waals surface area contributed by atoms with E-state index >= 15 is 0 Å². The number of anilines is 2. The molecule has 0 saturated carbocycles. The van der Waals surface area contributed by atoms with E-state index in [9.17, 15) is 9.18 Å². The summed E-state index contributed by atoms with van der Waals surface area (Å²) in [6.07, 6.45) is 0. The minimum absolute atomic E-state index is 0.199. The maximum Gasteiger partial charge on any atom is 0.259 e. The van der Waals surface area contributed by atoms with Crippen LogP contribution >= 0.6 is 11.8 Å². The van der Waals surface area contributed by atoms with Crippen LogP contribution in [-0.2, 0) is 4.79 Å². The zero-order valence-electron chi connectivity index (χ0n) is 9.92. The maximum atomic E-state index is 13.0. The van der Waals surface area contributed by atoms with Crippen molar-refractivity contribution in [3.05, 3.63) is 54.3 Å². The smallest absolute Gasteiger partial charge is 0.259 e. The van der Waals surface area contributed by atoms with Crippen molar-refractivity contribution in [2.75, 3.05) is 4.90 Å². The number of benzene rings is 2. The number of hydrogen-bond donors (Lipinski definition) is 1. The first-order chi connectivity index (χ1) is 9.16. The number of carbonyl (C=O) groups excluding carboxylic acids is 1. The standard InChI is InChI=1S/C14H11FN2OS/c15-9-5-7-10(8-6-9)17-11-3-1-2-4-12(11)19-13(16)14(17)18/h1-8,13H,16H2. The zero-order chi connectivity index (χ0) is 13.4. The Morgan fingerprint density at radius 3 is 2.53 bits per heavy atom. The lowest BCUT2D eigenvalue weighted by molar-refractivity contribution is -0.117. The first-order valence-corrected chi connectivity index (χ1v) is 6.65. The van der Waals surface area contributed by atoms with Crippen LogP contribution < -0.4 is 10.6 Å². The fourth-order valence-corrected chi connectivity index (χ4v) is 2.95. The van der Waals surface area contributed by atoms with E-state index in [1.807, 2.05) is 24.3 Å². The zero-order valence-corrected chi connectivity index (χ0v) is 10.7. The van der Waals surface area contributed by atoms with Crippen LogP contribution in [0.25, 0.3) is 0 Å². The largest absolute Gasteiger partial charge is 0.311 e. The lowest BCUT2D eigenvalue weighted by atomic mass is 10.2. The molecule has 1 heterocycles. The van der Waals surface area contributed by atoms with Gasteiger partial charge in [-0.3, -0.25) is 9.69 Å². The van der Waals surface area contributed by atoms with Gasteiger partial charge in [0.15, 0.2) is 0 Å². The molecule has 2 aromatic carbocycles. The van der Waals surface area contributed by atoms with E-state index in [4.69, 9.17) is 5.73 Å². The molecule has 1 unspecified atom stereocenters. The van der Waals surface area contributed by atoms with Crippen molar-refractivity contribution < 1.29 is 9.18 Å². The Hall–Kier alpha value is -1.85. The highest BCUT2D eigenvalue weighted by molar-refractivity contribution is 8.00. The average molecular weight is 274 g/mol. The molecule has 96 valence electrons. The molecule has 0 aliphatic carbocycles. The first kappa shape index (κ1) is 12.2. The highest BCUT2D eigenvalue weighted by Crippen LogP contribution is 2.41. The van der Waals surface area contributed by atoms with Crippen molar-refractivity contribution >= 4 is 29.0 Å². The van der Waals surface area contributed by atoms with Gasteiger partial charge in [-0.2, -0.15) is 0 Å². The molecule has 0 spiro atoms. The number of fused-ring (bicyclic) bond motifs is 1. The molecule has 2 aromatic rings. The van der Waals surface area contributed by atoms with Gasteiger partial charge in [-0.1, -0.05) is 23.9 Å². The third-order valence-electron chi connectivity index (χ3n) is 2.91. The van der Waals surface area contributed by atoms with Gasteiger partial charge in [0.25, 0.3) is 5.91 Å². The minimum atomic E-state index is -0.639. The van der Waals surface area contributed by atoms with Gasteiger partial charge in [0.1, 0.15) is 11.2 Å². The molecule has 19 heavy (non-hydrogen) atoms. The molecule has 0 aromatic heterocycles. The number of rotatable bonds is 1. The van der Waals surface area contributed by atoms with Crippen LogP contribution in [0.5, 0.6) is 0 Å². The average Bonchev–Trinajstić information content (AvgIpc) is 2.42. The van der Waals surface area contributed by atoms with Crippen LogP contribution in [0.3, 0.4) is 0 Å². The van der Waals surface area contributed by atoms with E-state index in [0.717, 1.165) is 10.6 Å². The Morgan fingerprint density at radius 2 is 1.79 bits per heavy atom. The fourth-order valence-electron chi connectivity index (χ4n) is 2.03. The molecule has 1 aliphatic heterocycles. The Morgan fingerprint density at radius 1 is 1.11 bits per heavy atom. The third-order valence-corrected chi connectivity index (χ3v) is 3.96. The molecule has 0 fully saturated rings. The van der Waals surface area contributed by atoms with Crippen molar-refractivity contribution in [1.29, 1.82) is 0 Å². The van der Waals surface area contributed by atoms with Crippen molar-refractivity contribution in [3.63, 3.8) is 0 Å². The Balaban J connectivity index is 2.13. The molecule has 2 N–H and O–H groups in total. The summed E-state index contributed by atoms with van der Waals surface area (Å²) in [4.78, 5) is 14.7. The van der Waals surface area contributed by atoms with Crippen LogP contribution in [-0.4, -0.2) is 11.3 Å². The molecule has 0 bridgehead atoms. The Kier molecular flexibility index (Phi) is 3.00. The second kappa shape index (κ2) is 4.68. The van der Waals surface area contributed by atoms with Gasteiger partial charge in [-0.15, -0.1) is 0 Å². The quantitative estimate of drug-likeness (QED) is 0.869. The molecule has 3 nitrogen and oxygen atoms in total. The monoisotopic (exact) mass is 274 g/mol. The van der Waals surface area contributed by atoms with Crippen molar-refractivity contribution in [2.45, 2.75) is 10.3 Å². The van der Waals surface area contributed by atoms with E-state index in [-0.39, 0.29) is 11.7 Å². The van der Waals surface area contributed by atoms with Crippen LogP contribution in [0.1, 0.15) is 0 Å². The minimum Gasteiger partial charge on any atom is -0.311 e. The summed E-state index contributed by atoms with van der Waals surface area (Å²) in [7, 11) is 0. The number of nitrogens with two attached hydrogens (primary N) is 1. The summed E-state index contributed by atoms with van der Waals surface area (Å²) >= 11 is 1.33. The van der Waals surface area contributed by atoms with Crippen LogP contribution in [0.15, 0.2) is 53.4 Å². The predicted octanol–water partition coefficient (Wildman–Crippen LogP) is 2.88. The van der Waals surface area contributed by atoms with Gasteiger partial charge in [0, 0.05) is 10.6 Å². The van der Waals surface area contributed by atoms with Crippen LogP contribution in [0.2, 0.25) is 0 Å². The first-order valence-electron chi connectivity index (χ1n) is 5.77. The van der Waals surface area contributed by atoms with Crippen molar-refractivity contribution in [2.24, 2.45) is 5.73 Å². The van der Waals surface area contributed by atoms with Crippen molar-refractivity contribution in [3.8, 4) is 0 Å². The number of nitrogens with zero attached hydrogens (tertiary/aromatic N) is 1. The van der Waals surface area contributed by atoms with Gasteiger partial charge in [0.2, 0.25) is 0 Å². The number of carbonyl (C=O) groups is 1. The Bertz CT molecular complexity index is 630. The van der Waals surface area contributed by atoms with E-state index in [1.54, 1.807) is 12.1 Å². The Labute approximate surface area is 114 Å². The lowest BCUT2D eigenvalue weighted by Gasteiger charge is -2.32. The molecule has 5 heteroatoms. The maximum absolute atomic E-state index is 13.0. The summed E-state index contributed by atoms with van der Waals surface area (Å²) in [5.41, 5.74) is 7.25. The molecular formula is C14H11FN2OS. The summed E-state index contributed by atoms with van der Waals surface area (Å²) in [5, 5.41) is -0.639. The number of hydrogen-bond acceptors (Lipinski definition) is 3. The third kappa shape index (κ3) is 2.11. The van der Waals surface area contributed by atoms with Gasteiger partial charge in [0.05, 0.1) is 5.69 Å². The second-order valence-electron chi connectivity index (χ2n) is 4.16. The topological polar surface area (TPSA) is 46.3 Å². The summed E-state index contributed by atoms with van der Waals surface area (Å²) in [5.74, 6) is -0.532. The van der Waals surface area contributed by atoms with Crippen molar-refractivity contribution in [1.82, 2.24) is 0 Å². The molecule has 3 rings (SSSR count). The number of amides is 1. The molecule has 0 saturated heterocycles. The summed E-state index contributed by atoms with van der Waals surface area (Å²) in [6.45, 7) is 0. The normalized spacial score (nSPS) is 18.3. The molecule has 1 amide bonds. The van der Waals surface area contributed by atoms with E-state index < -0.39 is 5.37 Å². The molecule has 0 radical (unpaired) electrons. The molecular weight excluding hydrogens is 263 g/mol. The van der Waals surface area contributed by atoms with Gasteiger partial charge in [-0.05, 0) is 36.4 Å². The lowest BCUT2D eigenvalue weighted by Crippen LogP contribution is -2.42. The molecule has 1 atom stereocenters. The van der Waals surface area contributed by atoms with Gasteiger partial charge >= 0.3 is 0 Å². The predicted molar refractivity (Wildman–Crippen MR) is 73.8 cm³/mol. The summed E-state index contributed by atoms with van der Waals surface area (Å²) < 4.78 is 13.0. The van der Waals surface area contributed by atoms with Crippen LogP contribution in [0.4, 0.5) is 15.8 Å². The second-order valence-corrected chi connectivity index (χ2v) is 5.34. The number of thioether (sulfide) groups is 1. The van der Waals surface area contributed by atoms with E-state index in [0.29, 0.717) is 5.69 Å². The fraction of sp³-hybridized carbons (Fsp3) is 0.0714. The SMILES string of the molecule is NC1Sc2ccccc2N(c2ccc(F)cc2)C1=O. The van der Waals surface area contributed by atoms with E-state index in [1.165, 1.54) is 28.8 Å². The molecule has 1 aliphatic rings. The number of para-hydroxylation sites is 1. The highest BCUT2D eigenvalue weighted by atomic mass is 32.2. The summed E-state index contributed by atoms with van der Waals surface area (Å²) in [6, 6.07) is 13.4. The highest BCUT2D eigenvalue weighted by Gasteiger charge is 2.31. The van der Waals surface area contributed by atoms with Gasteiger partial charge in [-0.25, -0.2) is 4.39 Å². The number of halogens is 1. The van der Waals surface area contributed by atoms with E-state index in [2.05, 4.69) is 0 Å². The van der Waals surface area contributed by atoms with Crippen LogP contribution in [0, 0.1) is 5.82 Å². The van der Waals surface area contributed by atoms with Gasteiger partial charge < -0.3 is 5.73 Å².